The normalized spacial score (nSPS) is 32.7. The van der Waals surface area contributed by atoms with Crippen molar-refractivity contribution < 1.29 is 23.7 Å². The van der Waals surface area contributed by atoms with E-state index in [1.54, 1.807) is 0 Å². The van der Waals surface area contributed by atoms with Crippen molar-refractivity contribution in [2.24, 2.45) is 23.2 Å². The molecule has 1 saturated heterocycles. The van der Waals surface area contributed by atoms with Crippen LogP contribution < -0.4 is 14.8 Å². The first kappa shape index (κ1) is 20.1. The minimum atomic E-state index is -0.366. The highest BCUT2D eigenvalue weighted by molar-refractivity contribution is 5.67. The second-order valence-corrected chi connectivity index (χ2v) is 8.97. The molecule has 1 N–H and O–H groups in total. The second-order valence-electron chi connectivity index (χ2n) is 8.97. The third-order valence-electron chi connectivity index (χ3n) is 6.85. The maximum atomic E-state index is 12.1. The summed E-state index contributed by atoms with van der Waals surface area (Å²) in [5.41, 5.74) is 2.20. The van der Waals surface area contributed by atoms with Gasteiger partial charge in [-0.05, 0) is 50.3 Å². The molecule has 158 valence electrons. The fraction of sp³-hybridized carbons (Fsp3) is 0.609. The number of carbonyl (C=O) groups is 1. The van der Waals surface area contributed by atoms with Crippen LogP contribution in [0.15, 0.2) is 29.8 Å². The number of rotatable bonds is 4. The number of alkyl carbamates (subject to hydrolysis) is 1. The molecule has 1 aromatic carbocycles. The largest absolute Gasteiger partial charge is 0.454 e. The highest BCUT2D eigenvalue weighted by Crippen LogP contribution is 2.56. The Kier molecular flexibility index (Phi) is 5.23. The predicted octanol–water partition coefficient (Wildman–Crippen LogP) is 4.46. The fourth-order valence-electron chi connectivity index (χ4n) is 5.13. The zero-order chi connectivity index (χ0) is 20.8. The average molecular weight is 402 g/mol. The zero-order valence-corrected chi connectivity index (χ0v) is 17.9. The van der Waals surface area contributed by atoms with Gasteiger partial charge in [0.2, 0.25) is 6.79 Å². The Labute approximate surface area is 172 Å². The molecule has 2 aliphatic heterocycles. The van der Waals surface area contributed by atoms with E-state index in [1.807, 2.05) is 26.0 Å². The van der Waals surface area contributed by atoms with E-state index in [0.717, 1.165) is 17.1 Å². The van der Waals surface area contributed by atoms with Gasteiger partial charge in [-0.2, -0.15) is 0 Å². The van der Waals surface area contributed by atoms with Crippen LogP contribution in [0.3, 0.4) is 0 Å². The lowest BCUT2D eigenvalue weighted by Crippen LogP contribution is -2.55. The highest BCUT2D eigenvalue weighted by Gasteiger charge is 2.54. The zero-order valence-electron chi connectivity index (χ0n) is 17.9. The summed E-state index contributed by atoms with van der Waals surface area (Å²) in [4.78, 5) is 12.1. The van der Waals surface area contributed by atoms with Gasteiger partial charge in [0.1, 0.15) is 6.61 Å². The summed E-state index contributed by atoms with van der Waals surface area (Å²) >= 11 is 0. The van der Waals surface area contributed by atoms with E-state index in [0.29, 0.717) is 19.1 Å². The highest BCUT2D eigenvalue weighted by atomic mass is 16.7. The molecule has 1 aliphatic carbocycles. The van der Waals surface area contributed by atoms with Crippen molar-refractivity contribution in [3.05, 3.63) is 35.4 Å². The summed E-state index contributed by atoms with van der Waals surface area (Å²) in [6, 6.07) is 6.10. The number of nitrogens with one attached hydrogen (secondary N) is 1. The monoisotopic (exact) mass is 401 g/mol. The molecule has 0 spiro atoms. The van der Waals surface area contributed by atoms with Gasteiger partial charge in [0.25, 0.3) is 0 Å². The molecule has 1 fully saturated rings. The molecule has 2 bridgehead atoms. The summed E-state index contributed by atoms with van der Waals surface area (Å²) < 4.78 is 23.1. The molecule has 0 aromatic heterocycles. The molecule has 1 aromatic rings. The predicted molar refractivity (Wildman–Crippen MR) is 109 cm³/mol. The number of allylic oxidation sites excluding steroid dienone is 1. The lowest BCUT2D eigenvalue weighted by atomic mass is 9.56. The molecular weight excluding hydrogens is 370 g/mol. The summed E-state index contributed by atoms with van der Waals surface area (Å²) in [5, 5.41) is 2.81. The Morgan fingerprint density at radius 3 is 2.79 bits per heavy atom. The molecule has 0 saturated carbocycles. The van der Waals surface area contributed by atoms with Crippen LogP contribution in [0.4, 0.5) is 4.79 Å². The van der Waals surface area contributed by atoms with E-state index < -0.39 is 0 Å². The van der Waals surface area contributed by atoms with Crippen molar-refractivity contribution in [3.8, 4) is 11.5 Å². The van der Waals surface area contributed by atoms with Gasteiger partial charge in [0, 0.05) is 17.4 Å². The Morgan fingerprint density at radius 1 is 1.28 bits per heavy atom. The number of fused-ring (bicyclic) bond motifs is 3. The van der Waals surface area contributed by atoms with E-state index in [4.69, 9.17) is 18.9 Å². The molecule has 3 aliphatic rings. The van der Waals surface area contributed by atoms with Crippen molar-refractivity contribution >= 4 is 6.09 Å². The van der Waals surface area contributed by atoms with Crippen LogP contribution in [0.5, 0.6) is 11.5 Å². The topological polar surface area (TPSA) is 66.0 Å². The van der Waals surface area contributed by atoms with Crippen molar-refractivity contribution in [1.29, 1.82) is 0 Å². The smallest absolute Gasteiger partial charge is 0.407 e. The third-order valence-corrected chi connectivity index (χ3v) is 6.85. The number of benzene rings is 1. The van der Waals surface area contributed by atoms with Crippen molar-refractivity contribution in [2.45, 2.75) is 46.8 Å². The van der Waals surface area contributed by atoms with Gasteiger partial charge in [0.05, 0.1) is 12.7 Å². The first-order valence-electron chi connectivity index (χ1n) is 10.4. The van der Waals surface area contributed by atoms with Crippen LogP contribution in [0.25, 0.3) is 0 Å². The molecule has 29 heavy (non-hydrogen) atoms. The van der Waals surface area contributed by atoms with Crippen LogP contribution in [0.2, 0.25) is 0 Å². The number of carbonyl (C=O) groups excluding carboxylic acids is 1. The molecule has 1 amide bonds. The van der Waals surface area contributed by atoms with Crippen LogP contribution in [-0.4, -0.2) is 32.1 Å². The molecule has 5 atom stereocenters. The Morgan fingerprint density at radius 2 is 2.03 bits per heavy atom. The third kappa shape index (κ3) is 3.48. The maximum absolute atomic E-state index is 12.1. The Balaban J connectivity index is 1.58. The number of amides is 1. The van der Waals surface area contributed by atoms with E-state index in [9.17, 15) is 4.79 Å². The Hall–Kier alpha value is -2.21. The first-order valence-corrected chi connectivity index (χ1v) is 10.4. The SMILES string of the molecule is CC1=C[C@@H](C)[C@]2(COC(=O)NC(C)C)CO[C@@H](c3ccc4c(c3)OCO4)[C@@H]1[C@H]2C. The molecule has 0 radical (unpaired) electrons. The summed E-state index contributed by atoms with van der Waals surface area (Å²) in [6.45, 7) is 11.7. The van der Waals surface area contributed by atoms with Crippen LogP contribution in [-0.2, 0) is 9.47 Å². The minimum Gasteiger partial charge on any atom is -0.454 e. The average Bonchev–Trinajstić information content (AvgIpc) is 3.12. The lowest BCUT2D eigenvalue weighted by Gasteiger charge is -2.55. The van der Waals surface area contributed by atoms with Crippen LogP contribution >= 0.6 is 0 Å². The first-order chi connectivity index (χ1) is 13.8. The van der Waals surface area contributed by atoms with E-state index in [-0.39, 0.29) is 42.3 Å². The summed E-state index contributed by atoms with van der Waals surface area (Å²) in [6.07, 6.45) is 1.91. The molecule has 6 nitrogen and oxygen atoms in total. The van der Waals surface area contributed by atoms with Gasteiger partial charge in [0.15, 0.2) is 11.5 Å². The second kappa shape index (κ2) is 7.56. The van der Waals surface area contributed by atoms with Gasteiger partial charge in [-0.3, -0.25) is 0 Å². The molecule has 4 rings (SSSR count). The van der Waals surface area contributed by atoms with E-state index in [1.165, 1.54) is 5.57 Å². The van der Waals surface area contributed by atoms with Gasteiger partial charge >= 0.3 is 6.09 Å². The van der Waals surface area contributed by atoms with Crippen molar-refractivity contribution in [2.75, 3.05) is 20.0 Å². The number of ether oxygens (including phenoxy) is 4. The van der Waals surface area contributed by atoms with Gasteiger partial charge in [-0.25, -0.2) is 4.79 Å². The molecule has 2 heterocycles. The van der Waals surface area contributed by atoms with E-state index in [2.05, 4.69) is 38.2 Å². The maximum Gasteiger partial charge on any atom is 0.407 e. The molecule has 0 unspecified atom stereocenters. The van der Waals surface area contributed by atoms with Crippen LogP contribution in [0.1, 0.15) is 46.3 Å². The quantitative estimate of drug-likeness (QED) is 0.755. The van der Waals surface area contributed by atoms with Gasteiger partial charge in [-0.1, -0.05) is 31.6 Å². The molecule has 6 heteroatoms. The van der Waals surface area contributed by atoms with Gasteiger partial charge in [-0.15, -0.1) is 0 Å². The fourth-order valence-corrected chi connectivity index (χ4v) is 5.13. The van der Waals surface area contributed by atoms with Crippen LogP contribution in [0, 0.1) is 23.2 Å². The van der Waals surface area contributed by atoms with Crippen molar-refractivity contribution in [3.63, 3.8) is 0 Å². The van der Waals surface area contributed by atoms with Crippen molar-refractivity contribution in [1.82, 2.24) is 5.32 Å². The number of hydrogen-bond acceptors (Lipinski definition) is 5. The lowest BCUT2D eigenvalue weighted by molar-refractivity contribution is -0.165. The number of hydrogen-bond donors (Lipinski definition) is 1. The summed E-state index contributed by atoms with van der Waals surface area (Å²) in [5.74, 6) is 2.34. The van der Waals surface area contributed by atoms with Gasteiger partial charge < -0.3 is 24.3 Å². The van der Waals surface area contributed by atoms with E-state index >= 15 is 0 Å². The standard InChI is InChI=1S/C23H31NO5/c1-13(2)24-22(25)27-11-23-10-26-21(20(16(23)5)14(3)8-15(23)4)17-6-7-18-19(9-17)29-12-28-18/h6-9,13,15-16,20-21H,10-12H2,1-5H3,(H,24,25)/t15-,16-,20+,21+,23-/m1/s1. The molecular formula is C23H31NO5. The minimum absolute atomic E-state index is 0.0501. The summed E-state index contributed by atoms with van der Waals surface area (Å²) in [7, 11) is 0. The Bertz CT molecular complexity index is 819.